The molecule has 0 saturated heterocycles. The van der Waals surface area contributed by atoms with E-state index in [1.165, 1.54) is 11.4 Å². The molecule has 3 aromatic rings. The summed E-state index contributed by atoms with van der Waals surface area (Å²) in [6, 6.07) is 4.44. The lowest BCUT2D eigenvalue weighted by atomic mass is 9.95. The second-order valence-corrected chi connectivity index (χ2v) is 6.49. The van der Waals surface area contributed by atoms with Crippen LogP contribution in [0.1, 0.15) is 23.7 Å². The standard InChI is InChI=1S/C18H18F2N4O3/c1-10-12(17(26)24-15(23-10)5-6-22-24)8-16(25)21-9-18(2,27)13-4-3-11(19)7-14(13)20/h3-7,22,27H,8-9H2,1-2H3,(H,21,25). The number of amides is 1. The quantitative estimate of drug-likeness (QED) is 0.623. The molecule has 2 aromatic heterocycles. The molecule has 1 unspecified atom stereocenters. The van der Waals surface area contributed by atoms with Gasteiger partial charge in [-0.15, -0.1) is 0 Å². The van der Waals surface area contributed by atoms with Gasteiger partial charge < -0.3 is 10.4 Å². The van der Waals surface area contributed by atoms with Crippen molar-refractivity contribution in [1.82, 2.24) is 19.9 Å². The van der Waals surface area contributed by atoms with E-state index in [1.54, 1.807) is 19.2 Å². The van der Waals surface area contributed by atoms with Crippen molar-refractivity contribution in [1.29, 1.82) is 0 Å². The second-order valence-electron chi connectivity index (χ2n) is 6.49. The predicted molar refractivity (Wildman–Crippen MR) is 93.2 cm³/mol. The summed E-state index contributed by atoms with van der Waals surface area (Å²) in [5.74, 6) is -2.21. The lowest BCUT2D eigenvalue weighted by Gasteiger charge is -2.24. The van der Waals surface area contributed by atoms with E-state index in [0.717, 1.165) is 12.1 Å². The van der Waals surface area contributed by atoms with Crippen molar-refractivity contribution in [2.45, 2.75) is 25.9 Å². The molecule has 0 aliphatic rings. The van der Waals surface area contributed by atoms with E-state index in [-0.39, 0.29) is 24.1 Å². The summed E-state index contributed by atoms with van der Waals surface area (Å²) in [6.07, 6.45) is 1.31. The molecule has 1 atom stereocenters. The van der Waals surface area contributed by atoms with Gasteiger partial charge in [-0.3, -0.25) is 14.7 Å². The first-order valence-corrected chi connectivity index (χ1v) is 8.19. The molecule has 0 spiro atoms. The Hall–Kier alpha value is -3.07. The van der Waals surface area contributed by atoms with Gasteiger partial charge in [-0.2, -0.15) is 0 Å². The Morgan fingerprint density at radius 2 is 2.11 bits per heavy atom. The third kappa shape index (κ3) is 3.72. The number of aromatic amines is 1. The molecule has 1 amide bonds. The minimum absolute atomic E-state index is 0.144. The summed E-state index contributed by atoms with van der Waals surface area (Å²) in [5.41, 5.74) is -1.22. The van der Waals surface area contributed by atoms with E-state index < -0.39 is 28.7 Å². The third-order valence-electron chi connectivity index (χ3n) is 4.32. The van der Waals surface area contributed by atoms with Gasteiger partial charge in [-0.1, -0.05) is 6.07 Å². The zero-order valence-corrected chi connectivity index (χ0v) is 14.7. The number of hydrogen-bond acceptors (Lipinski definition) is 4. The Labute approximate surface area is 152 Å². The van der Waals surface area contributed by atoms with Crippen LogP contribution in [-0.4, -0.2) is 32.2 Å². The van der Waals surface area contributed by atoms with Gasteiger partial charge in [-0.05, 0) is 19.9 Å². The Morgan fingerprint density at radius 1 is 1.37 bits per heavy atom. The molecular weight excluding hydrogens is 358 g/mol. The first-order valence-electron chi connectivity index (χ1n) is 8.19. The zero-order valence-electron chi connectivity index (χ0n) is 14.7. The Kier molecular flexibility index (Phi) is 4.79. The topological polar surface area (TPSA) is 99.5 Å². The molecule has 1 aromatic carbocycles. The van der Waals surface area contributed by atoms with Crippen LogP contribution in [0.25, 0.3) is 5.65 Å². The highest BCUT2D eigenvalue weighted by atomic mass is 19.1. The van der Waals surface area contributed by atoms with Gasteiger partial charge in [0.05, 0.1) is 13.0 Å². The van der Waals surface area contributed by atoms with Crippen molar-refractivity contribution in [3.05, 3.63) is 69.3 Å². The number of rotatable bonds is 5. The average Bonchev–Trinajstić information content (AvgIpc) is 3.05. The van der Waals surface area contributed by atoms with Crippen LogP contribution in [0.3, 0.4) is 0 Å². The third-order valence-corrected chi connectivity index (χ3v) is 4.32. The Bertz CT molecular complexity index is 1070. The normalized spacial score (nSPS) is 13.5. The molecule has 142 valence electrons. The highest BCUT2D eigenvalue weighted by Crippen LogP contribution is 2.23. The molecule has 0 radical (unpaired) electrons. The highest BCUT2D eigenvalue weighted by Gasteiger charge is 2.27. The average molecular weight is 376 g/mol. The maximum absolute atomic E-state index is 13.9. The Balaban J connectivity index is 1.74. The summed E-state index contributed by atoms with van der Waals surface area (Å²) in [6.45, 7) is 2.62. The van der Waals surface area contributed by atoms with Crippen LogP contribution in [-0.2, 0) is 16.8 Å². The molecule has 7 nitrogen and oxygen atoms in total. The number of aryl methyl sites for hydroxylation is 1. The van der Waals surface area contributed by atoms with Crippen molar-refractivity contribution in [3.8, 4) is 0 Å². The minimum atomic E-state index is -1.75. The molecule has 27 heavy (non-hydrogen) atoms. The molecule has 0 aliphatic carbocycles. The maximum Gasteiger partial charge on any atom is 0.276 e. The van der Waals surface area contributed by atoms with Crippen molar-refractivity contribution < 1.29 is 18.7 Å². The highest BCUT2D eigenvalue weighted by molar-refractivity contribution is 5.78. The van der Waals surface area contributed by atoms with Gasteiger partial charge in [0.25, 0.3) is 5.56 Å². The Morgan fingerprint density at radius 3 is 2.81 bits per heavy atom. The van der Waals surface area contributed by atoms with Crippen LogP contribution in [0, 0.1) is 18.6 Å². The summed E-state index contributed by atoms with van der Waals surface area (Å²) in [4.78, 5) is 28.9. The predicted octanol–water partition coefficient (Wildman–Crippen LogP) is 1.18. The van der Waals surface area contributed by atoms with Gasteiger partial charge in [0.2, 0.25) is 5.91 Å². The zero-order chi connectivity index (χ0) is 19.8. The number of halogens is 2. The van der Waals surface area contributed by atoms with Crippen LogP contribution < -0.4 is 10.9 Å². The molecule has 0 saturated carbocycles. The number of carbonyl (C=O) groups is 1. The monoisotopic (exact) mass is 376 g/mol. The number of aliphatic hydroxyl groups is 1. The molecule has 2 heterocycles. The number of fused-ring (bicyclic) bond motifs is 1. The van der Waals surface area contributed by atoms with Crippen molar-refractivity contribution in [2.24, 2.45) is 0 Å². The molecule has 3 rings (SSSR count). The molecule has 0 fully saturated rings. The summed E-state index contributed by atoms with van der Waals surface area (Å²) in [7, 11) is 0. The molecule has 9 heteroatoms. The first-order chi connectivity index (χ1) is 12.7. The fraction of sp³-hybridized carbons (Fsp3) is 0.278. The summed E-state index contributed by atoms with van der Waals surface area (Å²) in [5, 5.41) is 15.6. The van der Waals surface area contributed by atoms with Crippen molar-refractivity contribution >= 4 is 11.6 Å². The first kappa shape index (κ1) is 18.7. The number of aromatic nitrogens is 3. The number of nitrogens with one attached hydrogen (secondary N) is 2. The number of nitrogens with zero attached hydrogens (tertiary/aromatic N) is 2. The van der Waals surface area contributed by atoms with Crippen molar-refractivity contribution in [3.63, 3.8) is 0 Å². The van der Waals surface area contributed by atoms with Crippen LogP contribution in [0.15, 0.2) is 35.3 Å². The van der Waals surface area contributed by atoms with Crippen LogP contribution in [0.5, 0.6) is 0 Å². The van der Waals surface area contributed by atoms with E-state index in [1.807, 2.05) is 0 Å². The van der Waals surface area contributed by atoms with E-state index >= 15 is 0 Å². The number of carbonyl (C=O) groups excluding carboxylic acids is 1. The van der Waals surface area contributed by atoms with Gasteiger partial charge in [0.1, 0.15) is 17.2 Å². The SMILES string of the molecule is Cc1nc2cc[nH]n2c(=O)c1CC(=O)NCC(C)(O)c1ccc(F)cc1F. The fourth-order valence-electron chi connectivity index (χ4n) is 2.82. The molecule has 0 aliphatic heterocycles. The van der Waals surface area contributed by atoms with E-state index in [0.29, 0.717) is 17.4 Å². The number of hydrogen-bond donors (Lipinski definition) is 3. The lowest BCUT2D eigenvalue weighted by molar-refractivity contribution is -0.121. The van der Waals surface area contributed by atoms with Gasteiger partial charge in [-0.25, -0.2) is 18.3 Å². The van der Waals surface area contributed by atoms with Gasteiger partial charge in [0.15, 0.2) is 5.65 Å². The maximum atomic E-state index is 13.9. The van der Waals surface area contributed by atoms with E-state index in [2.05, 4.69) is 15.4 Å². The van der Waals surface area contributed by atoms with Crippen LogP contribution in [0.2, 0.25) is 0 Å². The second kappa shape index (κ2) is 6.92. The molecule has 3 N–H and O–H groups in total. The fourth-order valence-corrected chi connectivity index (χ4v) is 2.82. The van der Waals surface area contributed by atoms with Crippen LogP contribution >= 0.6 is 0 Å². The molecular formula is C18H18F2N4O3. The van der Waals surface area contributed by atoms with E-state index in [9.17, 15) is 23.5 Å². The number of H-pyrrole nitrogens is 1. The van der Waals surface area contributed by atoms with E-state index in [4.69, 9.17) is 0 Å². The van der Waals surface area contributed by atoms with Crippen LogP contribution in [0.4, 0.5) is 8.78 Å². The van der Waals surface area contributed by atoms with Gasteiger partial charge >= 0.3 is 0 Å². The summed E-state index contributed by atoms with van der Waals surface area (Å²) >= 11 is 0. The summed E-state index contributed by atoms with van der Waals surface area (Å²) < 4.78 is 28.1. The largest absolute Gasteiger partial charge is 0.383 e. The smallest absolute Gasteiger partial charge is 0.276 e. The number of benzene rings is 1. The van der Waals surface area contributed by atoms with Gasteiger partial charge in [0, 0.05) is 35.2 Å². The lowest BCUT2D eigenvalue weighted by Crippen LogP contribution is -2.40. The minimum Gasteiger partial charge on any atom is -0.383 e. The molecule has 0 bridgehead atoms. The van der Waals surface area contributed by atoms with Crippen molar-refractivity contribution in [2.75, 3.05) is 6.54 Å².